The van der Waals surface area contributed by atoms with E-state index in [4.69, 9.17) is 0 Å². The van der Waals surface area contributed by atoms with E-state index in [2.05, 4.69) is 20.9 Å². The fourth-order valence-corrected chi connectivity index (χ4v) is 2.90. The summed E-state index contributed by atoms with van der Waals surface area (Å²) in [5.74, 6) is 0. The Hall–Kier alpha value is -0.880. The van der Waals surface area contributed by atoms with Gasteiger partial charge < -0.3 is 0 Å². The maximum absolute atomic E-state index is 12.2. The zero-order chi connectivity index (χ0) is 14.0. The molecule has 0 aliphatic heterocycles. The maximum atomic E-state index is 12.2. The molecule has 0 radical (unpaired) electrons. The van der Waals surface area contributed by atoms with Gasteiger partial charge in [-0.05, 0) is 19.1 Å². The molecule has 1 heterocycles. The van der Waals surface area contributed by atoms with Crippen LogP contribution in [0.5, 0.6) is 0 Å². The first-order valence-corrected chi connectivity index (χ1v) is 7.25. The molecule has 19 heavy (non-hydrogen) atoms. The second-order valence-electron chi connectivity index (χ2n) is 4.13. The first-order valence-electron chi connectivity index (χ1n) is 5.64. The van der Waals surface area contributed by atoms with Crippen molar-refractivity contribution < 1.29 is 13.2 Å². The Morgan fingerprint density at radius 2 is 1.84 bits per heavy atom. The van der Waals surface area contributed by atoms with Crippen molar-refractivity contribution in [3.05, 3.63) is 38.6 Å². The Labute approximate surface area is 121 Å². The van der Waals surface area contributed by atoms with E-state index in [-0.39, 0.29) is 6.42 Å². The van der Waals surface area contributed by atoms with Crippen molar-refractivity contribution in [1.82, 2.24) is 4.98 Å². The van der Waals surface area contributed by atoms with E-state index in [0.717, 1.165) is 20.6 Å². The smallest absolute Gasteiger partial charge is 0.241 e. The minimum absolute atomic E-state index is 0.0501. The van der Waals surface area contributed by atoms with Gasteiger partial charge in [-0.15, -0.1) is 11.3 Å². The molecule has 0 aliphatic carbocycles. The number of rotatable bonds is 3. The molecular formula is C13H11BrF3NS. The minimum atomic E-state index is -4.13. The van der Waals surface area contributed by atoms with Crippen molar-refractivity contribution in [2.75, 3.05) is 0 Å². The number of thiazole rings is 1. The summed E-state index contributed by atoms with van der Waals surface area (Å²) >= 11 is 4.68. The number of halogens is 4. The van der Waals surface area contributed by atoms with Gasteiger partial charge in [-0.2, -0.15) is 13.2 Å². The van der Waals surface area contributed by atoms with Crippen molar-refractivity contribution in [1.29, 1.82) is 0 Å². The summed E-state index contributed by atoms with van der Waals surface area (Å²) in [6, 6.07) is 7.59. The first kappa shape index (κ1) is 14.5. The second kappa shape index (κ2) is 5.63. The van der Waals surface area contributed by atoms with Gasteiger partial charge in [0, 0.05) is 27.8 Å². The molecule has 0 saturated carbocycles. The Bertz CT molecular complexity index is 560. The molecule has 1 nitrogen and oxygen atoms in total. The van der Waals surface area contributed by atoms with Crippen LogP contribution in [-0.4, -0.2) is 11.2 Å². The quantitative estimate of drug-likeness (QED) is 0.725. The fraction of sp³-hybridized carbons (Fsp3) is 0.308. The minimum Gasteiger partial charge on any atom is -0.241 e. The first-order chi connectivity index (χ1) is 8.85. The summed E-state index contributed by atoms with van der Waals surface area (Å²) in [6.45, 7) is 1.88. The van der Waals surface area contributed by atoms with Crippen LogP contribution in [0.25, 0.3) is 11.3 Å². The molecule has 0 N–H and O–H groups in total. The van der Waals surface area contributed by atoms with Gasteiger partial charge in [0.1, 0.15) is 0 Å². The lowest BCUT2D eigenvalue weighted by Gasteiger charge is -2.03. The van der Waals surface area contributed by atoms with E-state index in [1.54, 1.807) is 0 Å². The predicted octanol–water partition coefficient (Wildman–Crippen LogP) is 5.38. The molecule has 0 saturated heterocycles. The molecule has 2 rings (SSSR count). The molecule has 1 aromatic heterocycles. The molecular weight excluding hydrogens is 339 g/mol. The fourth-order valence-electron chi connectivity index (χ4n) is 1.68. The zero-order valence-electron chi connectivity index (χ0n) is 10.1. The Morgan fingerprint density at radius 1 is 1.21 bits per heavy atom. The van der Waals surface area contributed by atoms with Crippen LogP contribution in [0.3, 0.4) is 0 Å². The van der Waals surface area contributed by atoms with Crippen molar-refractivity contribution in [2.45, 2.75) is 25.9 Å². The van der Waals surface area contributed by atoms with E-state index < -0.39 is 12.6 Å². The van der Waals surface area contributed by atoms with Crippen LogP contribution in [0.2, 0.25) is 0 Å². The highest BCUT2D eigenvalue weighted by Crippen LogP contribution is 2.30. The van der Waals surface area contributed by atoms with E-state index in [9.17, 15) is 13.2 Å². The number of alkyl halides is 3. The number of benzene rings is 1. The topological polar surface area (TPSA) is 12.9 Å². The highest BCUT2D eigenvalue weighted by molar-refractivity contribution is 9.10. The van der Waals surface area contributed by atoms with Crippen LogP contribution in [0.15, 0.2) is 28.7 Å². The van der Waals surface area contributed by atoms with Gasteiger partial charge in [0.05, 0.1) is 10.7 Å². The Kier molecular flexibility index (Phi) is 4.30. The number of hydrogen-bond donors (Lipinski definition) is 0. The summed E-state index contributed by atoms with van der Waals surface area (Å²) in [4.78, 5) is 5.26. The molecule has 6 heteroatoms. The lowest BCUT2D eigenvalue weighted by atomic mass is 10.1. The molecule has 102 valence electrons. The number of aryl methyl sites for hydroxylation is 2. The number of nitrogens with zero attached hydrogens (tertiary/aromatic N) is 1. The average molecular weight is 350 g/mol. The normalized spacial score (nSPS) is 11.8. The zero-order valence-corrected chi connectivity index (χ0v) is 12.5. The molecule has 0 spiro atoms. The van der Waals surface area contributed by atoms with Crippen LogP contribution in [0.1, 0.15) is 16.3 Å². The van der Waals surface area contributed by atoms with Crippen molar-refractivity contribution >= 4 is 27.3 Å². The lowest BCUT2D eigenvalue weighted by molar-refractivity contribution is -0.133. The van der Waals surface area contributed by atoms with Gasteiger partial charge in [-0.3, -0.25) is 0 Å². The van der Waals surface area contributed by atoms with Gasteiger partial charge in [-0.25, -0.2) is 4.98 Å². The monoisotopic (exact) mass is 349 g/mol. The Morgan fingerprint density at radius 3 is 2.42 bits per heavy atom. The van der Waals surface area contributed by atoms with Gasteiger partial charge in [0.25, 0.3) is 0 Å². The summed E-state index contributed by atoms with van der Waals surface area (Å²) in [6.07, 6.45) is -5.00. The highest BCUT2D eigenvalue weighted by atomic mass is 79.9. The highest BCUT2D eigenvalue weighted by Gasteiger charge is 2.27. The van der Waals surface area contributed by atoms with Crippen molar-refractivity contribution in [3.8, 4) is 11.3 Å². The molecule has 0 amide bonds. The molecule has 1 aromatic carbocycles. The van der Waals surface area contributed by atoms with Crippen molar-refractivity contribution in [2.24, 2.45) is 0 Å². The van der Waals surface area contributed by atoms with E-state index in [1.165, 1.54) is 11.3 Å². The summed E-state index contributed by atoms with van der Waals surface area (Å²) in [5.41, 5.74) is 1.70. The molecule has 0 fully saturated rings. The van der Waals surface area contributed by atoms with E-state index >= 15 is 0 Å². The largest absolute Gasteiger partial charge is 0.389 e. The van der Waals surface area contributed by atoms with Crippen LogP contribution >= 0.6 is 27.3 Å². The third-order valence-electron chi connectivity index (χ3n) is 2.58. The van der Waals surface area contributed by atoms with Gasteiger partial charge in [0.2, 0.25) is 0 Å². The predicted molar refractivity (Wildman–Crippen MR) is 74.4 cm³/mol. The second-order valence-corrected chi connectivity index (χ2v) is 6.34. The molecule has 0 unspecified atom stereocenters. The molecule has 2 aromatic rings. The van der Waals surface area contributed by atoms with Crippen LogP contribution in [0.4, 0.5) is 13.2 Å². The third-order valence-corrected chi connectivity index (χ3v) is 4.14. The van der Waals surface area contributed by atoms with Crippen molar-refractivity contribution in [3.63, 3.8) is 0 Å². The molecule has 0 aliphatic rings. The standard InChI is InChI=1S/C13H11BrF3NS/c1-8-12(9-2-4-10(14)5-3-9)18-11(19-8)6-7-13(15,16)17/h2-5H,6-7H2,1H3. The maximum Gasteiger partial charge on any atom is 0.389 e. The van der Waals surface area contributed by atoms with Gasteiger partial charge in [-0.1, -0.05) is 28.1 Å². The van der Waals surface area contributed by atoms with Crippen LogP contribution in [0, 0.1) is 6.92 Å². The molecule has 0 atom stereocenters. The lowest BCUT2D eigenvalue weighted by Crippen LogP contribution is -2.08. The Balaban J connectivity index is 2.19. The van der Waals surface area contributed by atoms with E-state index in [0.29, 0.717) is 5.01 Å². The summed E-state index contributed by atoms with van der Waals surface area (Å²) in [7, 11) is 0. The summed E-state index contributed by atoms with van der Waals surface area (Å²) < 4.78 is 37.5. The third kappa shape index (κ3) is 4.04. The number of aromatic nitrogens is 1. The molecule has 0 bridgehead atoms. The van der Waals surface area contributed by atoms with E-state index in [1.807, 2.05) is 31.2 Å². The average Bonchev–Trinajstić information content (AvgIpc) is 2.68. The van der Waals surface area contributed by atoms with Gasteiger partial charge in [0.15, 0.2) is 0 Å². The number of hydrogen-bond acceptors (Lipinski definition) is 2. The SMILES string of the molecule is Cc1sc(CCC(F)(F)F)nc1-c1ccc(Br)cc1. The van der Waals surface area contributed by atoms with Crippen LogP contribution < -0.4 is 0 Å². The summed E-state index contributed by atoms with van der Waals surface area (Å²) in [5, 5.41) is 0.535. The van der Waals surface area contributed by atoms with Gasteiger partial charge >= 0.3 is 6.18 Å². The van der Waals surface area contributed by atoms with Crippen LogP contribution in [-0.2, 0) is 6.42 Å².